The Morgan fingerprint density at radius 3 is 2.42 bits per heavy atom. The number of hydrogen-bond acceptors (Lipinski definition) is 8. The van der Waals surface area contributed by atoms with Crippen molar-refractivity contribution in [1.29, 1.82) is 0 Å². The Morgan fingerprint density at radius 2 is 1.76 bits per heavy atom. The van der Waals surface area contributed by atoms with Crippen LogP contribution in [-0.4, -0.2) is 44.3 Å². The predicted octanol–water partition coefficient (Wildman–Crippen LogP) is 4.90. The molecule has 1 atom stereocenters. The molecule has 0 spiro atoms. The molecule has 0 bridgehead atoms. The van der Waals surface area contributed by atoms with Crippen molar-refractivity contribution in [1.82, 2.24) is 15.3 Å². The third-order valence-corrected chi connectivity index (χ3v) is 6.86. The quantitative estimate of drug-likeness (QED) is 0.249. The Bertz CT molecular complexity index is 1520. The number of likely N-dealkylation sites (N-methyl/N-ethyl adjacent to an activating group) is 1. The van der Waals surface area contributed by atoms with Crippen LogP contribution < -0.4 is 25.0 Å². The number of nitrogens with one attached hydrogen (secondary N) is 3. The molecule has 4 aromatic rings. The van der Waals surface area contributed by atoms with Crippen LogP contribution in [0.15, 0.2) is 66.7 Å². The van der Waals surface area contributed by atoms with E-state index in [9.17, 15) is 13.6 Å². The zero-order valence-corrected chi connectivity index (χ0v) is 22.7. The van der Waals surface area contributed by atoms with Gasteiger partial charge in [0.05, 0.1) is 51.3 Å². The monoisotopic (exact) mass is 553 g/mol. The first-order valence-corrected chi connectivity index (χ1v) is 12.9. The molecule has 1 unspecified atom stereocenters. The second kappa shape index (κ2) is 11.3. The maximum atomic E-state index is 12.7. The number of ether oxygens (including phenoxy) is 1. The summed E-state index contributed by atoms with van der Waals surface area (Å²) in [6.07, 6.45) is 0. The van der Waals surface area contributed by atoms with Gasteiger partial charge in [-0.2, -0.15) is 0 Å². The largest absolute Gasteiger partial charge is 0.755 e. The number of carbonyl (C=O) groups excluding carboxylic acids is 1. The van der Waals surface area contributed by atoms with E-state index in [4.69, 9.17) is 16.3 Å². The highest BCUT2D eigenvalue weighted by atomic mass is 35.5. The van der Waals surface area contributed by atoms with Gasteiger partial charge in [0, 0.05) is 11.8 Å². The second-order valence-corrected chi connectivity index (χ2v) is 9.95. The molecule has 1 heterocycles. The molecule has 0 radical (unpaired) electrons. The molecule has 0 saturated carbocycles. The van der Waals surface area contributed by atoms with Gasteiger partial charge < -0.3 is 25.2 Å². The van der Waals surface area contributed by atoms with E-state index in [0.29, 0.717) is 33.2 Å². The van der Waals surface area contributed by atoms with Crippen LogP contribution in [0.4, 0.5) is 28.7 Å². The number of halogens is 1. The summed E-state index contributed by atoms with van der Waals surface area (Å²) in [6, 6.07) is 18.5. The van der Waals surface area contributed by atoms with Gasteiger partial charge in [-0.05, 0) is 63.4 Å². The molecule has 0 fully saturated rings. The van der Waals surface area contributed by atoms with Gasteiger partial charge >= 0.3 is 0 Å². The average Bonchev–Trinajstić information content (AvgIpc) is 2.90. The van der Waals surface area contributed by atoms with E-state index >= 15 is 0 Å². The number of hydrogen-bond donors (Lipinski definition) is 3. The first-order chi connectivity index (χ1) is 18.1. The van der Waals surface area contributed by atoms with Gasteiger partial charge in [-0.25, -0.2) is 9.97 Å². The number of nitrogens with zero attached hydrogens (tertiary/aromatic N) is 3. The molecule has 3 aromatic carbocycles. The van der Waals surface area contributed by atoms with Crippen LogP contribution in [-0.2, 0) is 16.1 Å². The lowest BCUT2D eigenvalue weighted by Crippen LogP contribution is -2.47. The van der Waals surface area contributed by atoms with Crippen molar-refractivity contribution >= 4 is 68.5 Å². The van der Waals surface area contributed by atoms with Crippen LogP contribution in [0.3, 0.4) is 0 Å². The van der Waals surface area contributed by atoms with Crippen LogP contribution in [0.25, 0.3) is 11.0 Å². The van der Waals surface area contributed by atoms with Gasteiger partial charge in [0.2, 0.25) is 5.91 Å². The van der Waals surface area contributed by atoms with E-state index < -0.39 is 16.8 Å². The Kier molecular flexibility index (Phi) is 8.12. The number of anilines is 5. The highest BCUT2D eigenvalue weighted by Crippen LogP contribution is 2.37. The minimum Gasteiger partial charge on any atom is -0.755 e. The van der Waals surface area contributed by atoms with Crippen molar-refractivity contribution in [3.05, 3.63) is 71.8 Å². The van der Waals surface area contributed by atoms with E-state index in [-0.39, 0.29) is 23.2 Å². The lowest BCUT2D eigenvalue weighted by Gasteiger charge is -2.28. The standard InChI is InChI=1S/C26H27ClN6O4S/c1-26(2,28-3)25(34)29-16-8-7-9-17(14-16)33(38(35)36)24-23(30-20-10-5-6-11-21(20)32-24)31-22-15-18(37-4)12-13-19(22)27/h5-15,28H,1-4H3,(H,29,34)(H,30,31)(H,35,36)/p-1. The number of rotatable bonds is 9. The van der Waals surface area contributed by atoms with Crippen LogP contribution >= 0.6 is 11.6 Å². The van der Waals surface area contributed by atoms with Gasteiger partial charge in [-0.15, -0.1) is 0 Å². The summed E-state index contributed by atoms with van der Waals surface area (Å²) in [5.74, 6) is 0.417. The molecule has 0 aliphatic rings. The molecule has 12 heteroatoms. The molecular formula is C26H26ClN6O4S-. The zero-order chi connectivity index (χ0) is 27.4. The van der Waals surface area contributed by atoms with Crippen LogP contribution in [0.1, 0.15) is 13.8 Å². The first kappa shape index (κ1) is 27.3. The van der Waals surface area contributed by atoms with E-state index in [0.717, 1.165) is 4.31 Å². The number of benzene rings is 3. The number of methoxy groups -OCH3 is 1. The topological polar surface area (TPSA) is 132 Å². The third-order valence-electron chi connectivity index (χ3n) is 5.85. The Balaban J connectivity index is 1.83. The molecular weight excluding hydrogens is 528 g/mol. The number of fused-ring (bicyclic) bond motifs is 1. The molecule has 3 N–H and O–H groups in total. The maximum Gasteiger partial charge on any atom is 0.244 e. The molecule has 1 amide bonds. The fraction of sp³-hybridized carbons (Fsp3) is 0.192. The number of amides is 1. The van der Waals surface area contributed by atoms with Gasteiger partial charge in [-0.3, -0.25) is 13.3 Å². The summed E-state index contributed by atoms with van der Waals surface area (Å²) in [4.78, 5) is 21.9. The van der Waals surface area contributed by atoms with Crippen LogP contribution in [0.2, 0.25) is 5.02 Å². The fourth-order valence-electron chi connectivity index (χ4n) is 3.46. The van der Waals surface area contributed by atoms with E-state index in [2.05, 4.69) is 25.9 Å². The minimum absolute atomic E-state index is 0.00921. The predicted molar refractivity (Wildman–Crippen MR) is 150 cm³/mol. The van der Waals surface area contributed by atoms with Crippen molar-refractivity contribution in [2.24, 2.45) is 0 Å². The van der Waals surface area contributed by atoms with E-state index in [1.54, 1.807) is 87.6 Å². The summed E-state index contributed by atoms with van der Waals surface area (Å²) >= 11 is 3.59. The minimum atomic E-state index is -2.81. The van der Waals surface area contributed by atoms with E-state index in [1.807, 2.05) is 0 Å². The highest BCUT2D eigenvalue weighted by molar-refractivity contribution is 7.81. The van der Waals surface area contributed by atoms with Crippen LogP contribution in [0.5, 0.6) is 5.75 Å². The molecule has 0 aliphatic heterocycles. The lowest BCUT2D eigenvalue weighted by molar-refractivity contribution is -0.121. The average molecular weight is 554 g/mol. The summed E-state index contributed by atoms with van der Waals surface area (Å²) in [7, 11) is 3.21. The highest BCUT2D eigenvalue weighted by Gasteiger charge is 2.26. The Hall–Kier alpha value is -3.77. The SMILES string of the molecule is CNC(C)(C)C(=O)Nc1cccc(N(c2nc3ccccc3nc2Nc2cc(OC)ccc2Cl)S(=O)[O-])c1. The van der Waals surface area contributed by atoms with Gasteiger partial charge in [0.15, 0.2) is 11.6 Å². The van der Waals surface area contributed by atoms with Gasteiger partial charge in [0.1, 0.15) is 5.75 Å². The Morgan fingerprint density at radius 1 is 1.05 bits per heavy atom. The van der Waals surface area contributed by atoms with Crippen molar-refractivity contribution in [2.75, 3.05) is 29.1 Å². The smallest absolute Gasteiger partial charge is 0.244 e. The van der Waals surface area contributed by atoms with Crippen molar-refractivity contribution in [2.45, 2.75) is 19.4 Å². The normalized spacial score (nSPS) is 12.2. The molecule has 10 nitrogen and oxygen atoms in total. The molecule has 38 heavy (non-hydrogen) atoms. The van der Waals surface area contributed by atoms with Crippen molar-refractivity contribution < 1.29 is 18.3 Å². The van der Waals surface area contributed by atoms with Crippen molar-refractivity contribution in [3.8, 4) is 5.75 Å². The molecule has 0 aliphatic carbocycles. The van der Waals surface area contributed by atoms with Gasteiger partial charge in [0.25, 0.3) is 0 Å². The molecule has 0 saturated heterocycles. The number of para-hydroxylation sites is 2. The van der Waals surface area contributed by atoms with Crippen molar-refractivity contribution in [3.63, 3.8) is 0 Å². The fourth-order valence-corrected chi connectivity index (χ4v) is 4.18. The van der Waals surface area contributed by atoms with E-state index in [1.165, 1.54) is 7.11 Å². The summed E-state index contributed by atoms with van der Waals surface area (Å²) in [5, 5.41) is 9.23. The molecule has 4 rings (SSSR count). The summed E-state index contributed by atoms with van der Waals surface area (Å²) in [6.45, 7) is 3.47. The summed E-state index contributed by atoms with van der Waals surface area (Å²) < 4.78 is 31.6. The van der Waals surface area contributed by atoms with Gasteiger partial charge in [-0.1, -0.05) is 29.8 Å². The summed E-state index contributed by atoms with van der Waals surface area (Å²) in [5.41, 5.74) is 1.29. The Labute approximate surface area is 227 Å². The number of carbonyl (C=O) groups is 1. The third kappa shape index (κ3) is 5.86. The maximum absolute atomic E-state index is 12.7. The van der Waals surface area contributed by atoms with Crippen LogP contribution in [0, 0.1) is 0 Å². The second-order valence-electron chi connectivity index (χ2n) is 8.75. The first-order valence-electron chi connectivity index (χ1n) is 11.5. The lowest BCUT2D eigenvalue weighted by atomic mass is 10.1. The number of aromatic nitrogens is 2. The molecule has 1 aromatic heterocycles. The zero-order valence-electron chi connectivity index (χ0n) is 21.1. The molecule has 198 valence electrons.